The quantitative estimate of drug-likeness (QED) is 0.640. The summed E-state index contributed by atoms with van der Waals surface area (Å²) in [4.78, 5) is 0. The molecule has 1 atom stereocenters. The summed E-state index contributed by atoms with van der Waals surface area (Å²) in [7, 11) is 0. The molecular formula is C14H26F3NO3. The first kappa shape index (κ1) is 18.7. The van der Waals surface area contributed by atoms with E-state index in [0.29, 0.717) is 6.54 Å². The van der Waals surface area contributed by atoms with Crippen LogP contribution in [-0.2, 0) is 9.47 Å². The maximum absolute atomic E-state index is 11.8. The summed E-state index contributed by atoms with van der Waals surface area (Å²) in [6.07, 6.45) is -0.312. The monoisotopic (exact) mass is 313 g/mol. The lowest BCUT2D eigenvalue weighted by Gasteiger charge is -2.27. The molecule has 0 aromatic carbocycles. The van der Waals surface area contributed by atoms with Crippen molar-refractivity contribution < 1.29 is 27.8 Å². The molecule has 0 saturated heterocycles. The van der Waals surface area contributed by atoms with Gasteiger partial charge in [0.1, 0.15) is 6.61 Å². The van der Waals surface area contributed by atoms with Crippen LogP contribution in [0.2, 0.25) is 0 Å². The molecule has 7 heteroatoms. The maximum atomic E-state index is 11.8. The molecule has 0 aromatic rings. The molecule has 2 N–H and O–H groups in total. The zero-order valence-corrected chi connectivity index (χ0v) is 12.5. The fourth-order valence-electron chi connectivity index (χ4n) is 2.30. The molecular weight excluding hydrogens is 287 g/mol. The molecule has 0 bridgehead atoms. The van der Waals surface area contributed by atoms with E-state index >= 15 is 0 Å². The summed E-state index contributed by atoms with van der Waals surface area (Å²) in [6, 6.07) is 0. The molecule has 0 aromatic heterocycles. The number of hydrogen-bond acceptors (Lipinski definition) is 4. The van der Waals surface area contributed by atoms with Gasteiger partial charge >= 0.3 is 6.18 Å². The third-order valence-electron chi connectivity index (χ3n) is 3.56. The highest BCUT2D eigenvalue weighted by atomic mass is 19.4. The minimum atomic E-state index is -4.29. The summed E-state index contributed by atoms with van der Waals surface area (Å²) in [6.45, 7) is 1.78. The minimum Gasteiger partial charge on any atom is -0.389 e. The molecule has 1 aliphatic rings. The Bertz CT molecular complexity index is 269. The topological polar surface area (TPSA) is 50.7 Å². The van der Waals surface area contributed by atoms with Gasteiger partial charge in [0.2, 0.25) is 0 Å². The Hall–Kier alpha value is -0.370. The molecule has 126 valence electrons. The molecule has 0 amide bonds. The van der Waals surface area contributed by atoms with Crippen molar-refractivity contribution in [2.45, 2.75) is 51.0 Å². The Morgan fingerprint density at radius 1 is 1.24 bits per heavy atom. The molecule has 1 unspecified atom stereocenters. The van der Waals surface area contributed by atoms with Crippen LogP contribution in [0.25, 0.3) is 0 Å². The van der Waals surface area contributed by atoms with Crippen molar-refractivity contribution in [3.05, 3.63) is 0 Å². The largest absolute Gasteiger partial charge is 0.411 e. The van der Waals surface area contributed by atoms with Crippen molar-refractivity contribution in [3.8, 4) is 0 Å². The average molecular weight is 313 g/mol. The molecule has 0 radical (unpaired) electrons. The van der Waals surface area contributed by atoms with Crippen molar-refractivity contribution >= 4 is 0 Å². The SMILES string of the molecule is CC1CCC(OCC(O)CNCCOCC(F)(F)F)CC1. The zero-order chi connectivity index (χ0) is 15.7. The normalized spacial score (nSPS) is 25.0. The van der Waals surface area contributed by atoms with Crippen LogP contribution in [0, 0.1) is 5.92 Å². The molecule has 1 fully saturated rings. The van der Waals surface area contributed by atoms with Crippen molar-refractivity contribution in [3.63, 3.8) is 0 Å². The van der Waals surface area contributed by atoms with Gasteiger partial charge in [-0.1, -0.05) is 6.92 Å². The van der Waals surface area contributed by atoms with Gasteiger partial charge in [0, 0.05) is 13.1 Å². The minimum absolute atomic E-state index is 0.0341. The highest BCUT2D eigenvalue weighted by molar-refractivity contribution is 4.71. The number of alkyl halides is 3. The molecule has 0 heterocycles. The van der Waals surface area contributed by atoms with Gasteiger partial charge in [0.05, 0.1) is 25.4 Å². The molecule has 0 aliphatic heterocycles. The van der Waals surface area contributed by atoms with Gasteiger partial charge in [0.25, 0.3) is 0 Å². The van der Waals surface area contributed by atoms with E-state index in [1.54, 1.807) is 0 Å². The Morgan fingerprint density at radius 2 is 1.90 bits per heavy atom. The van der Waals surface area contributed by atoms with Gasteiger partial charge in [0.15, 0.2) is 0 Å². The second kappa shape index (κ2) is 9.61. The van der Waals surface area contributed by atoms with E-state index in [4.69, 9.17) is 4.74 Å². The summed E-state index contributed by atoms with van der Waals surface area (Å²) in [5, 5.41) is 12.6. The molecule has 1 aliphatic carbocycles. The highest BCUT2D eigenvalue weighted by Crippen LogP contribution is 2.25. The standard InChI is InChI=1S/C14H26F3NO3/c1-11-2-4-13(5-3-11)21-9-12(19)8-18-6-7-20-10-14(15,16)17/h11-13,18-19H,2-10H2,1H3. The van der Waals surface area contributed by atoms with Crippen LogP contribution in [0.3, 0.4) is 0 Å². The van der Waals surface area contributed by atoms with Gasteiger partial charge in [-0.3, -0.25) is 0 Å². The van der Waals surface area contributed by atoms with Gasteiger partial charge in [-0.2, -0.15) is 13.2 Å². The summed E-state index contributed by atoms with van der Waals surface area (Å²) in [5.41, 5.74) is 0. The molecule has 1 rings (SSSR count). The van der Waals surface area contributed by atoms with E-state index in [-0.39, 0.29) is 25.9 Å². The number of aliphatic hydroxyl groups is 1. The Labute approximate surface area is 124 Å². The van der Waals surface area contributed by atoms with Crippen molar-refractivity contribution in [1.82, 2.24) is 5.32 Å². The predicted octanol–water partition coefficient (Wildman–Crippen LogP) is 2.11. The number of nitrogens with one attached hydrogen (secondary N) is 1. The molecule has 4 nitrogen and oxygen atoms in total. The first-order valence-electron chi connectivity index (χ1n) is 7.51. The van der Waals surface area contributed by atoms with Crippen LogP contribution in [0.1, 0.15) is 32.6 Å². The number of hydrogen-bond donors (Lipinski definition) is 2. The van der Waals surface area contributed by atoms with Crippen LogP contribution >= 0.6 is 0 Å². The Morgan fingerprint density at radius 3 is 2.52 bits per heavy atom. The second-order valence-corrected chi connectivity index (χ2v) is 5.74. The van der Waals surface area contributed by atoms with Crippen molar-refractivity contribution in [2.24, 2.45) is 5.92 Å². The zero-order valence-electron chi connectivity index (χ0n) is 12.5. The summed E-state index contributed by atoms with van der Waals surface area (Å²) < 4.78 is 45.5. The van der Waals surface area contributed by atoms with Gasteiger partial charge in [-0.05, 0) is 31.6 Å². The third-order valence-corrected chi connectivity index (χ3v) is 3.56. The highest BCUT2D eigenvalue weighted by Gasteiger charge is 2.27. The van der Waals surface area contributed by atoms with Gasteiger partial charge < -0.3 is 19.9 Å². The predicted molar refractivity (Wildman–Crippen MR) is 73.1 cm³/mol. The Balaban J connectivity index is 1.93. The van der Waals surface area contributed by atoms with E-state index in [0.717, 1.165) is 31.6 Å². The lowest BCUT2D eigenvalue weighted by atomic mass is 9.89. The molecule has 0 spiro atoms. The van der Waals surface area contributed by atoms with E-state index in [1.165, 1.54) is 0 Å². The Kier molecular flexibility index (Phi) is 8.55. The lowest BCUT2D eigenvalue weighted by Crippen LogP contribution is -2.34. The van der Waals surface area contributed by atoms with E-state index in [1.807, 2.05) is 0 Å². The first-order chi connectivity index (χ1) is 9.87. The fourth-order valence-corrected chi connectivity index (χ4v) is 2.30. The lowest BCUT2D eigenvalue weighted by molar-refractivity contribution is -0.173. The van der Waals surface area contributed by atoms with Crippen LogP contribution in [0.15, 0.2) is 0 Å². The van der Waals surface area contributed by atoms with E-state index < -0.39 is 18.9 Å². The van der Waals surface area contributed by atoms with Crippen molar-refractivity contribution in [1.29, 1.82) is 0 Å². The van der Waals surface area contributed by atoms with E-state index in [2.05, 4.69) is 17.0 Å². The van der Waals surface area contributed by atoms with Gasteiger partial charge in [-0.25, -0.2) is 0 Å². The number of aliphatic hydroxyl groups excluding tert-OH is 1. The fraction of sp³-hybridized carbons (Fsp3) is 1.00. The smallest absolute Gasteiger partial charge is 0.389 e. The van der Waals surface area contributed by atoms with Gasteiger partial charge in [-0.15, -0.1) is 0 Å². The number of halogens is 3. The second-order valence-electron chi connectivity index (χ2n) is 5.74. The maximum Gasteiger partial charge on any atom is 0.411 e. The van der Waals surface area contributed by atoms with E-state index in [9.17, 15) is 18.3 Å². The molecule has 21 heavy (non-hydrogen) atoms. The van der Waals surface area contributed by atoms with Crippen LogP contribution in [-0.4, -0.2) is 56.4 Å². The van der Waals surface area contributed by atoms with Crippen LogP contribution in [0.4, 0.5) is 13.2 Å². The molecule has 1 saturated carbocycles. The average Bonchev–Trinajstić information content (AvgIpc) is 2.41. The number of rotatable bonds is 9. The summed E-state index contributed by atoms with van der Waals surface area (Å²) in [5.74, 6) is 0.758. The van der Waals surface area contributed by atoms with Crippen LogP contribution in [0.5, 0.6) is 0 Å². The van der Waals surface area contributed by atoms with Crippen LogP contribution < -0.4 is 5.32 Å². The first-order valence-corrected chi connectivity index (χ1v) is 7.51. The number of ether oxygens (including phenoxy) is 2. The third kappa shape index (κ3) is 10.1. The van der Waals surface area contributed by atoms with Crippen molar-refractivity contribution in [2.75, 3.05) is 32.9 Å². The summed E-state index contributed by atoms with van der Waals surface area (Å²) >= 11 is 0.